The van der Waals surface area contributed by atoms with Crippen molar-refractivity contribution >= 4 is 33.7 Å². The van der Waals surface area contributed by atoms with Crippen LogP contribution in [-0.4, -0.2) is 30.0 Å². The third-order valence-electron chi connectivity index (χ3n) is 7.53. The maximum atomic E-state index is 13.9. The van der Waals surface area contributed by atoms with E-state index in [1.165, 1.54) is 7.11 Å². The van der Waals surface area contributed by atoms with Gasteiger partial charge in [0.2, 0.25) is 0 Å². The Morgan fingerprint density at radius 1 is 0.644 bits per heavy atom. The lowest BCUT2D eigenvalue weighted by molar-refractivity contribution is -0.142. The van der Waals surface area contributed by atoms with Gasteiger partial charge in [-0.1, -0.05) is 103 Å². The Morgan fingerprint density at radius 3 is 1.76 bits per heavy atom. The summed E-state index contributed by atoms with van der Waals surface area (Å²) in [5, 5.41) is 4.35. The molecule has 6 aromatic rings. The van der Waals surface area contributed by atoms with Gasteiger partial charge in [0.1, 0.15) is 19.3 Å². The number of rotatable bonds is 11. The SMILES string of the molecule is COC(=O)[C@H](Cc1ccc(OCc2ccccc2)c(OCc2ccccc2)c1)NC(=O)c1c2ccccc2nc2ccccc12. The smallest absolute Gasteiger partial charge is 0.328 e. The number of nitrogens with one attached hydrogen (secondary N) is 1. The first-order valence-electron chi connectivity index (χ1n) is 14.7. The molecule has 0 fully saturated rings. The second-order valence-electron chi connectivity index (χ2n) is 10.6. The first-order valence-corrected chi connectivity index (χ1v) is 14.7. The maximum absolute atomic E-state index is 13.9. The van der Waals surface area contributed by atoms with Crippen molar-refractivity contribution in [3.8, 4) is 11.5 Å². The van der Waals surface area contributed by atoms with Gasteiger partial charge in [-0.2, -0.15) is 0 Å². The number of nitrogens with zero attached hydrogens (tertiary/aromatic N) is 1. The third kappa shape index (κ3) is 6.94. The first kappa shape index (κ1) is 29.4. The average molecular weight is 597 g/mol. The fraction of sp³-hybridized carbons (Fsp3) is 0.132. The van der Waals surface area contributed by atoms with Crippen LogP contribution in [0.3, 0.4) is 0 Å². The Bertz CT molecular complexity index is 1890. The third-order valence-corrected chi connectivity index (χ3v) is 7.53. The van der Waals surface area contributed by atoms with E-state index in [0.29, 0.717) is 52.1 Å². The largest absolute Gasteiger partial charge is 0.485 e. The number of ether oxygens (including phenoxy) is 3. The fourth-order valence-corrected chi connectivity index (χ4v) is 5.27. The number of hydrogen-bond acceptors (Lipinski definition) is 6. The van der Waals surface area contributed by atoms with Crippen molar-refractivity contribution in [2.24, 2.45) is 0 Å². The van der Waals surface area contributed by atoms with Crippen molar-refractivity contribution in [3.05, 3.63) is 150 Å². The van der Waals surface area contributed by atoms with Gasteiger partial charge in [-0.05, 0) is 41.0 Å². The number of para-hydroxylation sites is 2. The van der Waals surface area contributed by atoms with Crippen molar-refractivity contribution in [1.82, 2.24) is 10.3 Å². The van der Waals surface area contributed by atoms with Crippen LogP contribution < -0.4 is 14.8 Å². The predicted octanol–water partition coefficient (Wildman–Crippen LogP) is 7.06. The van der Waals surface area contributed by atoms with Crippen LogP contribution >= 0.6 is 0 Å². The molecule has 7 nitrogen and oxygen atoms in total. The number of amides is 1. The van der Waals surface area contributed by atoms with Crippen LogP contribution in [0.5, 0.6) is 11.5 Å². The van der Waals surface area contributed by atoms with Crippen LogP contribution in [0.15, 0.2) is 127 Å². The highest BCUT2D eigenvalue weighted by Gasteiger charge is 2.25. The number of hydrogen-bond donors (Lipinski definition) is 1. The van der Waals surface area contributed by atoms with Gasteiger partial charge in [0.05, 0.1) is 23.7 Å². The number of fused-ring (bicyclic) bond motifs is 2. The van der Waals surface area contributed by atoms with Crippen molar-refractivity contribution in [2.45, 2.75) is 25.7 Å². The quantitative estimate of drug-likeness (QED) is 0.127. The van der Waals surface area contributed by atoms with E-state index in [0.717, 1.165) is 16.7 Å². The van der Waals surface area contributed by atoms with Crippen LogP contribution in [0.25, 0.3) is 21.8 Å². The molecule has 1 aromatic heterocycles. The van der Waals surface area contributed by atoms with Gasteiger partial charge in [-0.25, -0.2) is 9.78 Å². The number of aromatic nitrogens is 1. The topological polar surface area (TPSA) is 86.8 Å². The van der Waals surface area contributed by atoms with Gasteiger partial charge in [-0.3, -0.25) is 4.79 Å². The highest BCUT2D eigenvalue weighted by Crippen LogP contribution is 2.31. The summed E-state index contributed by atoms with van der Waals surface area (Å²) in [5.41, 5.74) is 4.66. The van der Waals surface area contributed by atoms with E-state index >= 15 is 0 Å². The first-order chi connectivity index (χ1) is 22.1. The van der Waals surface area contributed by atoms with Gasteiger partial charge in [-0.15, -0.1) is 0 Å². The van der Waals surface area contributed by atoms with E-state index < -0.39 is 12.0 Å². The monoisotopic (exact) mass is 596 g/mol. The van der Waals surface area contributed by atoms with Crippen LogP contribution in [0.2, 0.25) is 0 Å². The normalized spacial score (nSPS) is 11.6. The molecule has 0 saturated carbocycles. The van der Waals surface area contributed by atoms with Gasteiger partial charge in [0.25, 0.3) is 5.91 Å². The Hall–Kier alpha value is -5.69. The Balaban J connectivity index is 1.28. The molecule has 6 rings (SSSR count). The van der Waals surface area contributed by atoms with E-state index in [9.17, 15) is 9.59 Å². The highest BCUT2D eigenvalue weighted by atomic mass is 16.5. The van der Waals surface area contributed by atoms with Crippen LogP contribution in [0.4, 0.5) is 0 Å². The number of carbonyl (C=O) groups is 2. The minimum atomic E-state index is -0.953. The summed E-state index contributed by atoms with van der Waals surface area (Å²) >= 11 is 0. The number of methoxy groups -OCH3 is 1. The van der Waals surface area contributed by atoms with Gasteiger partial charge in [0, 0.05) is 17.2 Å². The van der Waals surface area contributed by atoms with Crippen molar-refractivity contribution in [2.75, 3.05) is 7.11 Å². The molecule has 0 bridgehead atoms. The van der Waals surface area contributed by atoms with Gasteiger partial charge < -0.3 is 19.5 Å². The molecule has 0 saturated heterocycles. The number of pyridine rings is 1. The van der Waals surface area contributed by atoms with Crippen LogP contribution in [0, 0.1) is 0 Å². The predicted molar refractivity (Wildman–Crippen MR) is 174 cm³/mol. The molecule has 7 heteroatoms. The van der Waals surface area contributed by atoms with Gasteiger partial charge >= 0.3 is 5.97 Å². The second kappa shape index (κ2) is 13.7. The summed E-state index contributed by atoms with van der Waals surface area (Å²) in [6.07, 6.45) is 0.181. The van der Waals surface area contributed by atoms with Crippen molar-refractivity contribution < 1.29 is 23.8 Å². The van der Waals surface area contributed by atoms with E-state index in [-0.39, 0.29) is 12.3 Å². The molecular formula is C38H32N2O5. The molecule has 0 aliphatic carbocycles. The lowest BCUT2D eigenvalue weighted by Crippen LogP contribution is -2.43. The molecule has 1 atom stereocenters. The molecule has 0 aliphatic heterocycles. The average Bonchev–Trinajstić information content (AvgIpc) is 3.09. The zero-order chi connectivity index (χ0) is 31.0. The molecule has 0 radical (unpaired) electrons. The summed E-state index contributed by atoms with van der Waals surface area (Å²) in [4.78, 5) is 31.6. The standard InChI is InChI=1S/C38H32N2O5/c1-43-38(42)33(40-37(41)36-29-16-8-10-18-31(29)39-32-19-11-9-17-30(32)36)22-28-20-21-34(44-24-26-12-4-2-5-13-26)35(23-28)45-25-27-14-6-3-7-15-27/h2-21,23,33H,22,24-25H2,1H3,(H,40,41)/t33-/m0/s1. The zero-order valence-electron chi connectivity index (χ0n) is 24.8. The summed E-state index contributed by atoms with van der Waals surface area (Å²) in [5.74, 6) is 0.172. The Labute approximate surface area is 261 Å². The minimum Gasteiger partial charge on any atom is -0.485 e. The summed E-state index contributed by atoms with van der Waals surface area (Å²) < 4.78 is 17.5. The number of carbonyl (C=O) groups excluding carboxylic acids is 2. The summed E-state index contributed by atoms with van der Waals surface area (Å²) in [7, 11) is 1.31. The van der Waals surface area contributed by atoms with E-state index in [1.54, 1.807) is 0 Å². The zero-order valence-corrected chi connectivity index (χ0v) is 24.8. The van der Waals surface area contributed by atoms with Crippen molar-refractivity contribution in [3.63, 3.8) is 0 Å². The molecular weight excluding hydrogens is 564 g/mol. The number of esters is 1. The molecule has 0 spiro atoms. The van der Waals surface area contributed by atoms with E-state index in [1.807, 2.05) is 127 Å². The van der Waals surface area contributed by atoms with Crippen molar-refractivity contribution in [1.29, 1.82) is 0 Å². The molecule has 1 amide bonds. The highest BCUT2D eigenvalue weighted by molar-refractivity contribution is 6.16. The molecule has 0 unspecified atom stereocenters. The molecule has 1 N–H and O–H groups in total. The Morgan fingerprint density at radius 2 is 1.18 bits per heavy atom. The molecule has 0 aliphatic rings. The molecule has 1 heterocycles. The minimum absolute atomic E-state index is 0.181. The Kier molecular flexibility index (Phi) is 8.97. The van der Waals surface area contributed by atoms with Crippen LogP contribution in [0.1, 0.15) is 27.0 Å². The molecule has 5 aromatic carbocycles. The molecule has 224 valence electrons. The van der Waals surface area contributed by atoms with E-state index in [4.69, 9.17) is 19.2 Å². The van der Waals surface area contributed by atoms with E-state index in [2.05, 4.69) is 5.32 Å². The summed E-state index contributed by atoms with van der Waals surface area (Å²) in [6, 6.07) is 39.3. The number of benzene rings is 5. The fourth-order valence-electron chi connectivity index (χ4n) is 5.27. The lowest BCUT2D eigenvalue weighted by atomic mass is 10.0. The second-order valence-corrected chi connectivity index (χ2v) is 10.6. The van der Waals surface area contributed by atoms with Gasteiger partial charge in [0.15, 0.2) is 11.5 Å². The lowest BCUT2D eigenvalue weighted by Gasteiger charge is -2.19. The van der Waals surface area contributed by atoms with Crippen LogP contribution in [-0.2, 0) is 29.2 Å². The maximum Gasteiger partial charge on any atom is 0.328 e. The molecule has 45 heavy (non-hydrogen) atoms. The summed E-state index contributed by atoms with van der Waals surface area (Å²) in [6.45, 7) is 0.710.